The number of allylic oxidation sites excluding steroid dienone is 4. The summed E-state index contributed by atoms with van der Waals surface area (Å²) in [4.78, 5) is 11.8. The molecule has 29 heavy (non-hydrogen) atoms. The zero-order valence-corrected chi connectivity index (χ0v) is 19.4. The summed E-state index contributed by atoms with van der Waals surface area (Å²) in [5, 5.41) is 10.4. The molecule has 0 aromatic rings. The lowest BCUT2D eigenvalue weighted by atomic mass is 9.73. The molecule has 0 fully saturated rings. The van der Waals surface area contributed by atoms with Crippen molar-refractivity contribution in [3.63, 3.8) is 0 Å². The summed E-state index contributed by atoms with van der Waals surface area (Å²) >= 11 is 0. The molecule has 0 heterocycles. The normalized spacial score (nSPS) is 23.0. The van der Waals surface area contributed by atoms with Gasteiger partial charge in [0.2, 0.25) is 0 Å². The van der Waals surface area contributed by atoms with Crippen LogP contribution in [0.4, 0.5) is 0 Å². The third-order valence-electron chi connectivity index (χ3n) is 5.96. The summed E-state index contributed by atoms with van der Waals surface area (Å²) in [6.07, 6.45) is 8.38. The molecule has 2 aliphatic carbocycles. The second-order valence-corrected chi connectivity index (χ2v) is 11.3. The lowest BCUT2D eigenvalue weighted by Crippen LogP contribution is -2.22. The van der Waals surface area contributed by atoms with Crippen LogP contribution in [0.15, 0.2) is 23.3 Å². The van der Waals surface area contributed by atoms with Gasteiger partial charge in [0, 0.05) is 23.8 Å². The Morgan fingerprint density at radius 2 is 1.83 bits per heavy atom. The van der Waals surface area contributed by atoms with Gasteiger partial charge in [-0.15, -0.1) is 0 Å². The molecule has 2 nitrogen and oxygen atoms in total. The van der Waals surface area contributed by atoms with Crippen LogP contribution < -0.4 is 0 Å². The van der Waals surface area contributed by atoms with Crippen LogP contribution in [0.1, 0.15) is 87.0 Å². The second kappa shape index (κ2) is 8.93. The van der Waals surface area contributed by atoms with Gasteiger partial charge in [-0.25, -0.2) is 0 Å². The number of aliphatic hydroxyl groups is 1. The third kappa shape index (κ3) is 7.87. The van der Waals surface area contributed by atoms with E-state index in [0.29, 0.717) is 18.3 Å². The van der Waals surface area contributed by atoms with Crippen LogP contribution in [-0.2, 0) is 4.79 Å². The van der Waals surface area contributed by atoms with Crippen LogP contribution >= 0.6 is 0 Å². The van der Waals surface area contributed by atoms with E-state index in [1.807, 2.05) is 0 Å². The molecular formula is C27H38O2. The zero-order chi connectivity index (χ0) is 21.9. The highest BCUT2D eigenvalue weighted by Crippen LogP contribution is 2.37. The Bertz CT molecular complexity index is 807. The Balaban J connectivity index is 1.96. The minimum absolute atomic E-state index is 0.0503. The summed E-state index contributed by atoms with van der Waals surface area (Å²) in [6, 6.07) is 0. The van der Waals surface area contributed by atoms with Crippen LogP contribution in [0.3, 0.4) is 0 Å². The average molecular weight is 395 g/mol. The number of hydrogen-bond donors (Lipinski definition) is 1. The van der Waals surface area contributed by atoms with Crippen molar-refractivity contribution in [2.24, 2.45) is 22.2 Å². The molecule has 0 aromatic heterocycles. The van der Waals surface area contributed by atoms with Gasteiger partial charge in [0.25, 0.3) is 0 Å². The van der Waals surface area contributed by atoms with Gasteiger partial charge in [0.1, 0.15) is 6.10 Å². The highest BCUT2D eigenvalue weighted by atomic mass is 16.3. The quantitative estimate of drug-likeness (QED) is 0.596. The Morgan fingerprint density at radius 3 is 2.38 bits per heavy atom. The van der Waals surface area contributed by atoms with Crippen LogP contribution in [0.2, 0.25) is 0 Å². The first-order chi connectivity index (χ1) is 13.3. The lowest BCUT2D eigenvalue weighted by molar-refractivity contribution is -0.116. The average Bonchev–Trinajstić information content (AvgIpc) is 2.56. The van der Waals surface area contributed by atoms with Crippen molar-refractivity contribution in [2.45, 2.75) is 93.1 Å². The molecule has 0 bridgehead atoms. The van der Waals surface area contributed by atoms with E-state index in [1.54, 1.807) is 6.08 Å². The van der Waals surface area contributed by atoms with E-state index in [9.17, 15) is 9.90 Å². The number of aliphatic hydroxyl groups excluding tert-OH is 1. The van der Waals surface area contributed by atoms with Crippen molar-refractivity contribution in [1.29, 1.82) is 0 Å². The first kappa shape index (κ1) is 23.5. The molecule has 0 aliphatic heterocycles. The van der Waals surface area contributed by atoms with Gasteiger partial charge in [0.05, 0.1) is 0 Å². The number of hydrogen-bond acceptors (Lipinski definition) is 2. The second-order valence-electron chi connectivity index (χ2n) is 11.3. The predicted octanol–water partition coefficient (Wildman–Crippen LogP) is 5.86. The van der Waals surface area contributed by atoms with E-state index in [2.05, 4.69) is 78.2 Å². The Kier molecular flexibility index (Phi) is 7.24. The molecule has 0 aromatic carbocycles. The lowest BCUT2D eigenvalue weighted by Gasteiger charge is -2.32. The SMILES string of the molecule is CC(C)(C#CC1=CCC(C(C)(C)C)CC1)CC(O)C#CC1=CC(=O)CC(C)(C)C1. The van der Waals surface area contributed by atoms with Gasteiger partial charge < -0.3 is 5.11 Å². The van der Waals surface area contributed by atoms with Gasteiger partial charge in [0.15, 0.2) is 5.78 Å². The van der Waals surface area contributed by atoms with Crippen LogP contribution in [0, 0.1) is 45.8 Å². The third-order valence-corrected chi connectivity index (χ3v) is 5.96. The highest BCUT2D eigenvalue weighted by molar-refractivity contribution is 5.92. The molecule has 1 N–H and O–H groups in total. The minimum Gasteiger partial charge on any atom is -0.380 e. The fourth-order valence-corrected chi connectivity index (χ4v) is 4.17. The maximum Gasteiger partial charge on any atom is 0.157 e. The standard InChI is InChI=1S/C27H38O2/c1-25(2,3)22-11-8-20(9-12-22)14-15-26(4,5)18-23(28)13-10-21-16-24(29)19-27(6,7)17-21/h8,16,22-23,28H,9,11-12,17-19H2,1-7H3. The van der Waals surface area contributed by atoms with Gasteiger partial charge in [-0.1, -0.05) is 64.4 Å². The summed E-state index contributed by atoms with van der Waals surface area (Å²) in [7, 11) is 0. The molecule has 0 saturated carbocycles. The van der Waals surface area contributed by atoms with E-state index < -0.39 is 6.10 Å². The molecule has 0 amide bonds. The molecule has 0 radical (unpaired) electrons. The molecule has 2 unspecified atom stereocenters. The van der Waals surface area contributed by atoms with Gasteiger partial charge in [-0.3, -0.25) is 4.79 Å². The monoisotopic (exact) mass is 394 g/mol. The van der Waals surface area contributed by atoms with E-state index in [0.717, 1.165) is 30.8 Å². The van der Waals surface area contributed by atoms with Crippen molar-refractivity contribution in [3.05, 3.63) is 23.3 Å². The van der Waals surface area contributed by atoms with Crippen LogP contribution in [0.5, 0.6) is 0 Å². The molecular weight excluding hydrogens is 356 g/mol. The summed E-state index contributed by atoms with van der Waals surface area (Å²) in [6.45, 7) is 15.2. The fraction of sp³-hybridized carbons (Fsp3) is 0.667. The molecule has 2 atom stereocenters. The molecule has 2 aliphatic rings. The van der Waals surface area contributed by atoms with Crippen molar-refractivity contribution < 1.29 is 9.90 Å². The molecule has 0 saturated heterocycles. The fourth-order valence-electron chi connectivity index (χ4n) is 4.17. The first-order valence-electron chi connectivity index (χ1n) is 10.9. The number of rotatable bonds is 2. The summed E-state index contributed by atoms with van der Waals surface area (Å²) in [5.74, 6) is 13.5. The van der Waals surface area contributed by atoms with Gasteiger partial charge in [-0.05, 0) is 67.9 Å². The predicted molar refractivity (Wildman–Crippen MR) is 121 cm³/mol. The Hall–Kier alpha value is -1.77. The Labute approximate surface area is 178 Å². The van der Waals surface area contributed by atoms with Crippen molar-refractivity contribution in [3.8, 4) is 23.7 Å². The van der Waals surface area contributed by atoms with E-state index in [1.165, 1.54) is 12.0 Å². The maximum atomic E-state index is 11.8. The smallest absolute Gasteiger partial charge is 0.157 e. The van der Waals surface area contributed by atoms with E-state index in [4.69, 9.17) is 0 Å². The molecule has 158 valence electrons. The zero-order valence-electron chi connectivity index (χ0n) is 19.4. The largest absolute Gasteiger partial charge is 0.380 e. The van der Waals surface area contributed by atoms with Gasteiger partial charge >= 0.3 is 0 Å². The first-order valence-corrected chi connectivity index (χ1v) is 10.9. The van der Waals surface area contributed by atoms with Crippen LogP contribution in [0.25, 0.3) is 0 Å². The molecule has 2 heteroatoms. The number of carbonyl (C=O) groups is 1. The van der Waals surface area contributed by atoms with Crippen molar-refractivity contribution in [2.75, 3.05) is 0 Å². The summed E-state index contributed by atoms with van der Waals surface area (Å²) in [5.41, 5.74) is 2.05. The molecule has 2 rings (SSSR count). The molecule has 0 spiro atoms. The van der Waals surface area contributed by atoms with Crippen molar-refractivity contribution in [1.82, 2.24) is 0 Å². The number of carbonyl (C=O) groups excluding carboxylic acids is 1. The van der Waals surface area contributed by atoms with E-state index in [-0.39, 0.29) is 16.6 Å². The topological polar surface area (TPSA) is 37.3 Å². The highest BCUT2D eigenvalue weighted by Gasteiger charge is 2.27. The van der Waals surface area contributed by atoms with Gasteiger partial charge in [-0.2, -0.15) is 0 Å². The Morgan fingerprint density at radius 1 is 1.14 bits per heavy atom. The maximum absolute atomic E-state index is 11.8. The summed E-state index contributed by atoms with van der Waals surface area (Å²) < 4.78 is 0. The van der Waals surface area contributed by atoms with E-state index >= 15 is 0 Å². The van der Waals surface area contributed by atoms with Crippen molar-refractivity contribution >= 4 is 5.78 Å². The van der Waals surface area contributed by atoms with Crippen LogP contribution in [-0.4, -0.2) is 17.0 Å². The minimum atomic E-state index is -0.744. The number of ketones is 1.